The Bertz CT molecular complexity index is 480. The molecule has 0 radical (unpaired) electrons. The van der Waals surface area contributed by atoms with E-state index in [4.69, 9.17) is 4.74 Å². The Labute approximate surface area is 227 Å². The van der Waals surface area contributed by atoms with Gasteiger partial charge >= 0.3 is 5.97 Å². The summed E-state index contributed by atoms with van der Waals surface area (Å²) in [7, 11) is 0. The lowest BCUT2D eigenvalue weighted by atomic mass is 10.0. The predicted octanol–water partition coefficient (Wildman–Crippen LogP) is 11.8. The molecule has 0 fully saturated rings. The van der Waals surface area contributed by atoms with Crippen molar-refractivity contribution in [2.75, 3.05) is 6.61 Å². The van der Waals surface area contributed by atoms with E-state index >= 15 is 0 Å². The van der Waals surface area contributed by atoms with Crippen LogP contribution in [0, 0.1) is 0 Å². The van der Waals surface area contributed by atoms with Crippen LogP contribution in [0.3, 0.4) is 0 Å². The van der Waals surface area contributed by atoms with Gasteiger partial charge in [-0.1, -0.05) is 147 Å². The molecule has 0 rings (SSSR count). The van der Waals surface area contributed by atoms with Crippen LogP contribution in [0.5, 0.6) is 0 Å². The number of hydrogen-bond acceptors (Lipinski definition) is 2. The van der Waals surface area contributed by atoms with Crippen molar-refractivity contribution in [3.8, 4) is 0 Å². The Balaban J connectivity index is 3.25. The average molecular weight is 505 g/mol. The lowest BCUT2D eigenvalue weighted by Gasteiger charge is -2.05. The van der Waals surface area contributed by atoms with Gasteiger partial charge in [0.2, 0.25) is 0 Å². The van der Waals surface area contributed by atoms with E-state index in [-0.39, 0.29) is 5.97 Å². The summed E-state index contributed by atoms with van der Waals surface area (Å²) in [5, 5.41) is 0. The van der Waals surface area contributed by atoms with Crippen molar-refractivity contribution in [2.24, 2.45) is 0 Å². The minimum atomic E-state index is 0.00529. The average Bonchev–Trinajstić information content (AvgIpc) is 2.88. The van der Waals surface area contributed by atoms with Crippen LogP contribution in [0.4, 0.5) is 0 Å². The Kier molecular flexibility index (Phi) is 31.0. The summed E-state index contributed by atoms with van der Waals surface area (Å²) in [4.78, 5) is 11.9. The van der Waals surface area contributed by atoms with E-state index in [0.29, 0.717) is 13.0 Å². The number of rotatable bonds is 29. The monoisotopic (exact) mass is 504 g/mol. The Morgan fingerprint density at radius 2 is 0.861 bits per heavy atom. The number of hydrogen-bond donors (Lipinski definition) is 0. The number of unbranched alkanes of at least 4 members (excludes halogenated alkanes) is 21. The molecule has 0 aliphatic carbocycles. The van der Waals surface area contributed by atoms with Crippen molar-refractivity contribution in [1.29, 1.82) is 0 Å². The molecule has 0 unspecified atom stereocenters. The van der Waals surface area contributed by atoms with Gasteiger partial charge < -0.3 is 4.74 Å². The van der Waals surface area contributed by atoms with E-state index in [0.717, 1.165) is 32.1 Å². The molecule has 0 bridgehead atoms. The van der Waals surface area contributed by atoms with Gasteiger partial charge in [-0.25, -0.2) is 0 Å². The Hall–Kier alpha value is -1.05. The lowest BCUT2D eigenvalue weighted by Crippen LogP contribution is -2.05. The third kappa shape index (κ3) is 31.0. The van der Waals surface area contributed by atoms with Crippen molar-refractivity contribution in [1.82, 2.24) is 0 Å². The predicted molar refractivity (Wildman–Crippen MR) is 161 cm³/mol. The fraction of sp³-hybridized carbons (Fsp3) is 0.853. The molecular formula is C34H64O2. The summed E-state index contributed by atoms with van der Waals surface area (Å²) < 4.78 is 5.40. The summed E-state index contributed by atoms with van der Waals surface area (Å²) in [5.41, 5.74) is 0. The number of carbonyl (C=O) groups is 1. The minimum absolute atomic E-state index is 0.00529. The fourth-order valence-corrected chi connectivity index (χ4v) is 4.64. The van der Waals surface area contributed by atoms with Gasteiger partial charge in [-0.05, 0) is 51.4 Å². The topological polar surface area (TPSA) is 26.3 Å². The standard InChI is InChI=1S/C34H64O2/c1-3-5-7-9-11-13-15-17-18-19-21-23-25-27-29-31-33-36-34(35)32-30-28-26-24-22-20-16-14-12-10-8-6-4-2/h17-18,21,23H,3-16,19-20,22,24-33H2,1-2H3. The fourth-order valence-electron chi connectivity index (χ4n) is 4.64. The zero-order valence-corrected chi connectivity index (χ0v) is 24.7. The second kappa shape index (κ2) is 32.0. The molecule has 212 valence electrons. The first-order valence-electron chi connectivity index (χ1n) is 16.3. The Morgan fingerprint density at radius 1 is 0.472 bits per heavy atom. The molecule has 0 aromatic carbocycles. The molecule has 0 heterocycles. The molecular weight excluding hydrogens is 440 g/mol. The van der Waals surface area contributed by atoms with Crippen LogP contribution in [0.2, 0.25) is 0 Å². The maximum absolute atomic E-state index is 11.9. The molecule has 0 aliphatic rings. The quantitative estimate of drug-likeness (QED) is 0.0575. The third-order valence-corrected chi connectivity index (χ3v) is 7.09. The summed E-state index contributed by atoms with van der Waals surface area (Å²) in [6.45, 7) is 5.15. The second-order valence-corrected chi connectivity index (χ2v) is 10.8. The number of esters is 1. The van der Waals surface area contributed by atoms with Crippen molar-refractivity contribution in [2.45, 2.75) is 181 Å². The molecule has 2 nitrogen and oxygen atoms in total. The van der Waals surface area contributed by atoms with Gasteiger partial charge in [-0.2, -0.15) is 0 Å². The van der Waals surface area contributed by atoms with Crippen LogP contribution in [0.15, 0.2) is 24.3 Å². The summed E-state index contributed by atoms with van der Waals surface area (Å²) in [5.74, 6) is 0.00529. The molecule has 2 heteroatoms. The third-order valence-electron chi connectivity index (χ3n) is 7.09. The van der Waals surface area contributed by atoms with E-state index in [2.05, 4.69) is 38.2 Å². The van der Waals surface area contributed by atoms with Crippen LogP contribution < -0.4 is 0 Å². The van der Waals surface area contributed by atoms with E-state index in [1.165, 1.54) is 128 Å². The molecule has 0 aromatic rings. The summed E-state index contributed by atoms with van der Waals surface area (Å²) in [6, 6.07) is 0. The highest BCUT2D eigenvalue weighted by Gasteiger charge is 2.02. The van der Waals surface area contributed by atoms with Gasteiger partial charge in [-0.15, -0.1) is 0 Å². The molecule has 0 amide bonds. The first kappa shape index (κ1) is 35.0. The number of carbonyl (C=O) groups excluding carboxylic acids is 1. The van der Waals surface area contributed by atoms with Crippen LogP contribution >= 0.6 is 0 Å². The minimum Gasteiger partial charge on any atom is -0.466 e. The van der Waals surface area contributed by atoms with Crippen molar-refractivity contribution in [3.05, 3.63) is 24.3 Å². The van der Waals surface area contributed by atoms with Gasteiger partial charge in [0, 0.05) is 6.42 Å². The summed E-state index contributed by atoms with van der Waals surface area (Å²) >= 11 is 0. The normalized spacial score (nSPS) is 11.7. The van der Waals surface area contributed by atoms with Crippen LogP contribution in [0.1, 0.15) is 181 Å². The zero-order chi connectivity index (χ0) is 26.2. The lowest BCUT2D eigenvalue weighted by molar-refractivity contribution is -0.143. The first-order valence-corrected chi connectivity index (χ1v) is 16.3. The smallest absolute Gasteiger partial charge is 0.305 e. The second-order valence-electron chi connectivity index (χ2n) is 10.8. The van der Waals surface area contributed by atoms with Crippen molar-refractivity contribution < 1.29 is 9.53 Å². The van der Waals surface area contributed by atoms with E-state index in [1.54, 1.807) is 0 Å². The SMILES string of the molecule is CCCCCCCCC=CCC=CCCCCCOC(=O)CCCCCCCCCCCCCCC. The van der Waals surface area contributed by atoms with Crippen LogP contribution in [0.25, 0.3) is 0 Å². The first-order chi connectivity index (χ1) is 17.8. The maximum Gasteiger partial charge on any atom is 0.305 e. The van der Waals surface area contributed by atoms with Crippen molar-refractivity contribution in [3.63, 3.8) is 0 Å². The molecule has 0 aliphatic heterocycles. The number of allylic oxidation sites excluding steroid dienone is 4. The summed E-state index contributed by atoms with van der Waals surface area (Å²) in [6.07, 6.45) is 42.2. The molecule has 0 saturated heterocycles. The van der Waals surface area contributed by atoms with Gasteiger partial charge in [0.1, 0.15) is 0 Å². The van der Waals surface area contributed by atoms with E-state index in [1.807, 2.05) is 0 Å². The molecule has 0 atom stereocenters. The maximum atomic E-state index is 11.9. The molecule has 0 N–H and O–H groups in total. The number of ether oxygens (including phenoxy) is 1. The van der Waals surface area contributed by atoms with E-state index in [9.17, 15) is 4.79 Å². The molecule has 0 saturated carbocycles. The highest BCUT2D eigenvalue weighted by atomic mass is 16.5. The van der Waals surface area contributed by atoms with Gasteiger partial charge in [0.25, 0.3) is 0 Å². The molecule has 36 heavy (non-hydrogen) atoms. The largest absolute Gasteiger partial charge is 0.466 e. The van der Waals surface area contributed by atoms with Crippen molar-refractivity contribution >= 4 is 5.97 Å². The molecule has 0 spiro atoms. The highest BCUT2D eigenvalue weighted by molar-refractivity contribution is 5.69. The van der Waals surface area contributed by atoms with Gasteiger partial charge in [0.15, 0.2) is 0 Å². The van der Waals surface area contributed by atoms with Gasteiger partial charge in [-0.3, -0.25) is 4.79 Å². The zero-order valence-electron chi connectivity index (χ0n) is 24.7. The highest BCUT2D eigenvalue weighted by Crippen LogP contribution is 2.13. The molecule has 0 aromatic heterocycles. The van der Waals surface area contributed by atoms with E-state index < -0.39 is 0 Å². The van der Waals surface area contributed by atoms with Crippen LogP contribution in [-0.4, -0.2) is 12.6 Å². The Morgan fingerprint density at radius 3 is 1.33 bits per heavy atom. The van der Waals surface area contributed by atoms with Crippen LogP contribution in [-0.2, 0) is 9.53 Å². The van der Waals surface area contributed by atoms with Gasteiger partial charge in [0.05, 0.1) is 6.61 Å².